The van der Waals surface area contributed by atoms with Crippen LogP contribution in [0.5, 0.6) is 0 Å². The summed E-state index contributed by atoms with van der Waals surface area (Å²) in [6.07, 6.45) is 0. The average Bonchev–Trinajstić information content (AvgIpc) is 2.67. The molecule has 0 aliphatic rings. The molecule has 28 heavy (non-hydrogen) atoms. The predicted molar refractivity (Wildman–Crippen MR) is 109 cm³/mol. The molecule has 2 N–H and O–H groups in total. The van der Waals surface area contributed by atoms with Crippen molar-refractivity contribution in [3.05, 3.63) is 88.6 Å². The fraction of sp³-hybridized carbons (Fsp3) is 0.0455. The van der Waals surface area contributed by atoms with Crippen LogP contribution in [0.1, 0.15) is 5.56 Å². The van der Waals surface area contributed by atoms with Gasteiger partial charge in [-0.2, -0.15) is 0 Å². The van der Waals surface area contributed by atoms with Gasteiger partial charge in [0.25, 0.3) is 0 Å². The molecule has 1 heterocycles. The first-order chi connectivity index (χ1) is 13.3. The van der Waals surface area contributed by atoms with Crippen LogP contribution in [-0.4, -0.2) is 8.42 Å². The van der Waals surface area contributed by atoms with Crippen molar-refractivity contribution < 1.29 is 12.8 Å². The van der Waals surface area contributed by atoms with Gasteiger partial charge in [-0.15, -0.1) is 0 Å². The van der Waals surface area contributed by atoms with Crippen LogP contribution in [0.4, 0.5) is 0 Å². The van der Waals surface area contributed by atoms with E-state index in [1.54, 1.807) is 36.4 Å². The lowest BCUT2D eigenvalue weighted by Crippen LogP contribution is -2.12. The number of benzene rings is 3. The van der Waals surface area contributed by atoms with E-state index in [0.717, 1.165) is 11.1 Å². The zero-order valence-corrected chi connectivity index (χ0v) is 15.9. The minimum atomic E-state index is -3.80. The minimum absolute atomic E-state index is 0.00325. The van der Waals surface area contributed by atoms with Crippen molar-refractivity contribution in [3.8, 4) is 22.5 Å². The van der Waals surface area contributed by atoms with Gasteiger partial charge in [0, 0.05) is 5.56 Å². The molecule has 4 aromatic rings. The maximum Gasteiger partial charge on any atom is 0.238 e. The number of rotatable bonds is 3. The van der Waals surface area contributed by atoms with Crippen LogP contribution >= 0.6 is 0 Å². The fourth-order valence-electron chi connectivity index (χ4n) is 3.20. The first-order valence-corrected chi connectivity index (χ1v) is 10.2. The molecule has 0 saturated heterocycles. The Balaban J connectivity index is 2.04. The van der Waals surface area contributed by atoms with E-state index in [4.69, 9.17) is 9.56 Å². The molecule has 0 aliphatic carbocycles. The van der Waals surface area contributed by atoms with E-state index in [1.807, 2.05) is 31.2 Å². The lowest BCUT2D eigenvalue weighted by atomic mass is 9.97. The van der Waals surface area contributed by atoms with Crippen molar-refractivity contribution in [3.63, 3.8) is 0 Å². The van der Waals surface area contributed by atoms with E-state index in [2.05, 4.69) is 0 Å². The molecular weight excluding hydrogens is 374 g/mol. The predicted octanol–water partition coefficient (Wildman–Crippen LogP) is 4.08. The molecule has 0 fully saturated rings. The van der Waals surface area contributed by atoms with Gasteiger partial charge in [-0.3, -0.25) is 4.79 Å². The molecule has 4 rings (SSSR count). The Kier molecular flexibility index (Phi) is 4.37. The third-order valence-corrected chi connectivity index (χ3v) is 5.48. The molecule has 0 radical (unpaired) electrons. The molecule has 140 valence electrons. The highest BCUT2D eigenvalue weighted by atomic mass is 32.2. The number of primary sulfonamides is 1. The van der Waals surface area contributed by atoms with Crippen molar-refractivity contribution in [2.75, 3.05) is 0 Å². The first kappa shape index (κ1) is 18.2. The van der Waals surface area contributed by atoms with Gasteiger partial charge >= 0.3 is 0 Å². The summed E-state index contributed by atoms with van der Waals surface area (Å²) in [5.74, 6) is 0.385. The second-order valence-corrected chi connectivity index (χ2v) is 8.13. The number of nitrogens with two attached hydrogens (primary N) is 1. The third kappa shape index (κ3) is 3.24. The van der Waals surface area contributed by atoms with E-state index in [0.29, 0.717) is 27.9 Å². The number of para-hydroxylation sites is 1. The van der Waals surface area contributed by atoms with Crippen molar-refractivity contribution >= 4 is 21.0 Å². The summed E-state index contributed by atoms with van der Waals surface area (Å²) in [6, 6.07) is 20.6. The summed E-state index contributed by atoms with van der Waals surface area (Å²) in [7, 11) is -3.80. The van der Waals surface area contributed by atoms with Crippen molar-refractivity contribution in [2.45, 2.75) is 11.8 Å². The largest absolute Gasteiger partial charge is 0.455 e. The normalized spacial score (nSPS) is 11.6. The summed E-state index contributed by atoms with van der Waals surface area (Å²) in [4.78, 5) is 13.3. The second-order valence-electron chi connectivity index (χ2n) is 6.57. The molecule has 0 aliphatic heterocycles. The Labute approximate surface area is 162 Å². The molecule has 0 atom stereocenters. The zero-order valence-electron chi connectivity index (χ0n) is 15.0. The average molecular weight is 391 g/mol. The number of aryl methyl sites for hydroxylation is 1. The lowest BCUT2D eigenvalue weighted by molar-refractivity contribution is 0.597. The maximum absolute atomic E-state index is 13.3. The van der Waals surface area contributed by atoms with Crippen molar-refractivity contribution in [1.82, 2.24) is 0 Å². The van der Waals surface area contributed by atoms with Crippen molar-refractivity contribution in [2.24, 2.45) is 5.14 Å². The van der Waals surface area contributed by atoms with Crippen LogP contribution in [0.3, 0.4) is 0 Å². The standard InChI is InChI=1S/C22H17NO4S/c1-14-5-4-6-16(13-14)20-21(24)18-7-2-3-8-19(18)27-22(20)15-9-11-17(12-10-15)28(23,25)26/h2-13H,1H3,(H2,23,25,26). The first-order valence-electron chi connectivity index (χ1n) is 8.61. The van der Waals surface area contributed by atoms with Crippen LogP contribution in [0.25, 0.3) is 33.4 Å². The molecule has 3 aromatic carbocycles. The Hall–Kier alpha value is -3.22. The van der Waals surface area contributed by atoms with Gasteiger partial charge in [-0.05, 0) is 48.9 Å². The summed E-state index contributed by atoms with van der Waals surface area (Å²) in [5, 5.41) is 5.67. The quantitative estimate of drug-likeness (QED) is 0.570. The molecule has 1 aromatic heterocycles. The molecule has 0 unspecified atom stereocenters. The number of hydrogen-bond donors (Lipinski definition) is 1. The van der Waals surface area contributed by atoms with Gasteiger partial charge in [0.05, 0.1) is 15.8 Å². The molecule has 5 nitrogen and oxygen atoms in total. The van der Waals surface area contributed by atoms with E-state index < -0.39 is 10.0 Å². The van der Waals surface area contributed by atoms with E-state index in [9.17, 15) is 13.2 Å². The third-order valence-electron chi connectivity index (χ3n) is 4.55. The van der Waals surface area contributed by atoms with Crippen LogP contribution in [0.15, 0.2) is 86.9 Å². The van der Waals surface area contributed by atoms with Crippen LogP contribution in [0, 0.1) is 6.92 Å². The van der Waals surface area contributed by atoms with Gasteiger partial charge in [0.2, 0.25) is 15.5 Å². The lowest BCUT2D eigenvalue weighted by Gasteiger charge is -2.11. The topological polar surface area (TPSA) is 90.4 Å². The number of sulfonamides is 1. The molecule has 0 bridgehead atoms. The van der Waals surface area contributed by atoms with Crippen LogP contribution in [-0.2, 0) is 10.0 Å². The summed E-state index contributed by atoms with van der Waals surface area (Å²) in [5.41, 5.74) is 3.11. The highest BCUT2D eigenvalue weighted by Crippen LogP contribution is 2.33. The summed E-state index contributed by atoms with van der Waals surface area (Å²) in [6.45, 7) is 1.95. The Morgan fingerprint density at radius 3 is 2.25 bits per heavy atom. The second kappa shape index (κ2) is 6.74. The van der Waals surface area contributed by atoms with Crippen LogP contribution < -0.4 is 10.6 Å². The molecular formula is C22H17NO4S. The Morgan fingerprint density at radius 1 is 0.857 bits per heavy atom. The van der Waals surface area contributed by atoms with Crippen LogP contribution in [0.2, 0.25) is 0 Å². The Morgan fingerprint density at radius 2 is 1.57 bits per heavy atom. The smallest absolute Gasteiger partial charge is 0.238 e. The number of hydrogen-bond acceptors (Lipinski definition) is 4. The highest BCUT2D eigenvalue weighted by Gasteiger charge is 2.18. The van der Waals surface area contributed by atoms with Crippen molar-refractivity contribution in [1.29, 1.82) is 0 Å². The Bertz CT molecular complexity index is 1350. The maximum atomic E-state index is 13.3. The van der Waals surface area contributed by atoms with Gasteiger partial charge in [-0.25, -0.2) is 13.6 Å². The van der Waals surface area contributed by atoms with Gasteiger partial charge in [0.15, 0.2) is 0 Å². The van der Waals surface area contributed by atoms with Gasteiger partial charge in [-0.1, -0.05) is 42.0 Å². The monoisotopic (exact) mass is 391 g/mol. The molecule has 0 spiro atoms. The highest BCUT2D eigenvalue weighted by molar-refractivity contribution is 7.89. The summed E-state index contributed by atoms with van der Waals surface area (Å²) >= 11 is 0. The van der Waals surface area contributed by atoms with Gasteiger partial charge in [0.1, 0.15) is 11.3 Å². The van der Waals surface area contributed by atoms with E-state index in [1.165, 1.54) is 12.1 Å². The SMILES string of the molecule is Cc1cccc(-c2c(-c3ccc(S(N)(=O)=O)cc3)oc3ccccc3c2=O)c1. The molecule has 0 amide bonds. The van der Waals surface area contributed by atoms with E-state index in [-0.39, 0.29) is 10.3 Å². The summed E-state index contributed by atoms with van der Waals surface area (Å²) < 4.78 is 29.2. The molecule has 0 saturated carbocycles. The van der Waals surface area contributed by atoms with Gasteiger partial charge < -0.3 is 4.42 Å². The minimum Gasteiger partial charge on any atom is -0.455 e. The van der Waals surface area contributed by atoms with E-state index >= 15 is 0 Å². The fourth-order valence-corrected chi connectivity index (χ4v) is 3.72. The number of fused-ring (bicyclic) bond motifs is 1. The zero-order chi connectivity index (χ0) is 19.9. The molecule has 6 heteroatoms.